The minimum Gasteiger partial charge on any atom is -0.316 e. The third-order valence-electron chi connectivity index (χ3n) is 4.42. The van der Waals surface area contributed by atoms with Crippen molar-refractivity contribution in [3.05, 3.63) is 70.7 Å². The van der Waals surface area contributed by atoms with Gasteiger partial charge < -0.3 is 10.6 Å². The first-order valence-electron chi connectivity index (χ1n) is 8.06. The summed E-state index contributed by atoms with van der Waals surface area (Å²) in [6.07, 6.45) is 2.24. The standard InChI is InChI=1S/C19H23ClN2/c20-17-8-4-7-16(13-17)18-14-21-11-10-19(18)22-12-9-15-5-2-1-3-6-15/h1-8,13,18-19,21-22H,9-12,14H2. The predicted octanol–water partition coefficient (Wildman–Crippen LogP) is 3.62. The quantitative estimate of drug-likeness (QED) is 0.881. The topological polar surface area (TPSA) is 24.1 Å². The molecule has 1 aliphatic rings. The summed E-state index contributed by atoms with van der Waals surface area (Å²) in [5, 5.41) is 8.09. The Morgan fingerprint density at radius 2 is 1.95 bits per heavy atom. The number of hydrogen-bond acceptors (Lipinski definition) is 2. The average molecular weight is 315 g/mol. The molecule has 0 saturated carbocycles. The van der Waals surface area contributed by atoms with E-state index in [9.17, 15) is 0 Å². The zero-order chi connectivity index (χ0) is 15.2. The van der Waals surface area contributed by atoms with Crippen molar-refractivity contribution >= 4 is 11.6 Å². The minimum absolute atomic E-state index is 0.489. The summed E-state index contributed by atoms with van der Waals surface area (Å²) in [5.41, 5.74) is 2.72. The monoisotopic (exact) mass is 314 g/mol. The molecule has 0 spiro atoms. The maximum absolute atomic E-state index is 6.16. The smallest absolute Gasteiger partial charge is 0.0408 e. The maximum Gasteiger partial charge on any atom is 0.0408 e. The average Bonchev–Trinajstić information content (AvgIpc) is 2.56. The Hall–Kier alpha value is -1.35. The molecule has 0 amide bonds. The molecule has 2 aromatic rings. The molecule has 1 fully saturated rings. The zero-order valence-corrected chi connectivity index (χ0v) is 13.5. The summed E-state index contributed by atoms with van der Waals surface area (Å²) in [7, 11) is 0. The van der Waals surface area contributed by atoms with E-state index in [0.29, 0.717) is 12.0 Å². The molecule has 0 bridgehead atoms. The van der Waals surface area contributed by atoms with Crippen molar-refractivity contribution in [3.8, 4) is 0 Å². The Morgan fingerprint density at radius 3 is 2.77 bits per heavy atom. The number of benzene rings is 2. The molecular weight excluding hydrogens is 292 g/mol. The van der Waals surface area contributed by atoms with Gasteiger partial charge in [-0.2, -0.15) is 0 Å². The molecule has 2 atom stereocenters. The summed E-state index contributed by atoms with van der Waals surface area (Å²) < 4.78 is 0. The Morgan fingerprint density at radius 1 is 1.09 bits per heavy atom. The number of hydrogen-bond donors (Lipinski definition) is 2. The van der Waals surface area contributed by atoms with Gasteiger partial charge in [0.15, 0.2) is 0 Å². The second-order valence-electron chi connectivity index (χ2n) is 5.95. The molecule has 1 aliphatic heterocycles. The van der Waals surface area contributed by atoms with Crippen LogP contribution in [-0.2, 0) is 6.42 Å². The van der Waals surface area contributed by atoms with Gasteiger partial charge in [-0.15, -0.1) is 0 Å². The molecule has 2 nitrogen and oxygen atoms in total. The molecule has 2 N–H and O–H groups in total. The van der Waals surface area contributed by atoms with E-state index in [1.807, 2.05) is 12.1 Å². The number of nitrogens with one attached hydrogen (secondary N) is 2. The SMILES string of the molecule is Clc1cccc(C2CNCCC2NCCc2ccccc2)c1. The lowest BCUT2D eigenvalue weighted by Crippen LogP contribution is -2.46. The first-order chi connectivity index (χ1) is 10.8. The van der Waals surface area contributed by atoms with E-state index in [1.54, 1.807) is 0 Å². The molecule has 1 heterocycles. The predicted molar refractivity (Wildman–Crippen MR) is 93.6 cm³/mol. The number of piperidine rings is 1. The minimum atomic E-state index is 0.489. The molecule has 2 aromatic carbocycles. The Balaban J connectivity index is 1.60. The van der Waals surface area contributed by atoms with Crippen LogP contribution >= 0.6 is 11.6 Å². The van der Waals surface area contributed by atoms with Crippen LogP contribution in [0.25, 0.3) is 0 Å². The Labute approximate surface area is 137 Å². The summed E-state index contributed by atoms with van der Waals surface area (Å²) in [6.45, 7) is 3.12. The van der Waals surface area contributed by atoms with Crippen LogP contribution in [0.3, 0.4) is 0 Å². The van der Waals surface area contributed by atoms with Crippen LogP contribution in [0.15, 0.2) is 54.6 Å². The number of rotatable bonds is 5. The van der Waals surface area contributed by atoms with Crippen molar-refractivity contribution in [1.29, 1.82) is 0 Å². The largest absolute Gasteiger partial charge is 0.316 e. The zero-order valence-electron chi connectivity index (χ0n) is 12.8. The first-order valence-corrected chi connectivity index (χ1v) is 8.44. The molecule has 0 radical (unpaired) electrons. The van der Waals surface area contributed by atoms with Crippen molar-refractivity contribution in [2.75, 3.05) is 19.6 Å². The van der Waals surface area contributed by atoms with E-state index in [1.165, 1.54) is 11.1 Å². The summed E-state index contributed by atoms with van der Waals surface area (Å²) in [6, 6.07) is 19.5. The maximum atomic E-state index is 6.16. The van der Waals surface area contributed by atoms with Gasteiger partial charge in [0.05, 0.1) is 0 Å². The first kappa shape index (κ1) is 15.5. The third-order valence-corrected chi connectivity index (χ3v) is 4.66. The fourth-order valence-electron chi connectivity index (χ4n) is 3.24. The third kappa shape index (κ3) is 4.10. The fourth-order valence-corrected chi connectivity index (χ4v) is 3.44. The van der Waals surface area contributed by atoms with Gasteiger partial charge in [0.1, 0.15) is 0 Å². The summed E-state index contributed by atoms with van der Waals surface area (Å²) in [5.74, 6) is 0.489. The van der Waals surface area contributed by atoms with Gasteiger partial charge in [0, 0.05) is 23.5 Å². The van der Waals surface area contributed by atoms with Crippen LogP contribution in [0.5, 0.6) is 0 Å². The van der Waals surface area contributed by atoms with Crippen LogP contribution in [0.4, 0.5) is 0 Å². The van der Waals surface area contributed by atoms with Gasteiger partial charge in [0.25, 0.3) is 0 Å². The molecule has 22 heavy (non-hydrogen) atoms. The lowest BCUT2D eigenvalue weighted by atomic mass is 9.87. The van der Waals surface area contributed by atoms with Crippen molar-refractivity contribution in [2.45, 2.75) is 24.8 Å². The van der Waals surface area contributed by atoms with E-state index in [4.69, 9.17) is 11.6 Å². The molecule has 3 rings (SSSR count). The summed E-state index contributed by atoms with van der Waals surface area (Å²) >= 11 is 6.16. The van der Waals surface area contributed by atoms with Gasteiger partial charge >= 0.3 is 0 Å². The van der Waals surface area contributed by atoms with Crippen LogP contribution in [0, 0.1) is 0 Å². The van der Waals surface area contributed by atoms with Crippen LogP contribution in [0.2, 0.25) is 5.02 Å². The lowest BCUT2D eigenvalue weighted by molar-refractivity contribution is 0.344. The van der Waals surface area contributed by atoms with E-state index < -0.39 is 0 Å². The molecule has 116 valence electrons. The van der Waals surface area contributed by atoms with Gasteiger partial charge in [-0.05, 0) is 49.2 Å². The van der Waals surface area contributed by atoms with Gasteiger partial charge in [-0.1, -0.05) is 54.1 Å². The fraction of sp³-hybridized carbons (Fsp3) is 0.368. The van der Waals surface area contributed by atoms with Crippen molar-refractivity contribution < 1.29 is 0 Å². The van der Waals surface area contributed by atoms with E-state index in [2.05, 4.69) is 53.1 Å². The molecule has 1 saturated heterocycles. The van der Waals surface area contributed by atoms with E-state index in [-0.39, 0.29) is 0 Å². The highest BCUT2D eigenvalue weighted by Gasteiger charge is 2.25. The van der Waals surface area contributed by atoms with Gasteiger partial charge in [0.2, 0.25) is 0 Å². The second kappa shape index (κ2) is 7.77. The van der Waals surface area contributed by atoms with E-state index in [0.717, 1.165) is 37.5 Å². The van der Waals surface area contributed by atoms with Crippen molar-refractivity contribution in [2.24, 2.45) is 0 Å². The van der Waals surface area contributed by atoms with Crippen molar-refractivity contribution in [1.82, 2.24) is 10.6 Å². The normalized spacial score (nSPS) is 21.7. The van der Waals surface area contributed by atoms with Crippen LogP contribution in [0.1, 0.15) is 23.5 Å². The highest BCUT2D eigenvalue weighted by Crippen LogP contribution is 2.26. The molecule has 3 heteroatoms. The van der Waals surface area contributed by atoms with E-state index >= 15 is 0 Å². The van der Waals surface area contributed by atoms with Crippen LogP contribution < -0.4 is 10.6 Å². The molecule has 2 unspecified atom stereocenters. The van der Waals surface area contributed by atoms with Gasteiger partial charge in [-0.3, -0.25) is 0 Å². The molecular formula is C19H23ClN2. The second-order valence-corrected chi connectivity index (χ2v) is 6.39. The van der Waals surface area contributed by atoms with Gasteiger partial charge in [-0.25, -0.2) is 0 Å². The Kier molecular flexibility index (Phi) is 5.49. The highest BCUT2D eigenvalue weighted by molar-refractivity contribution is 6.30. The summed E-state index contributed by atoms with van der Waals surface area (Å²) in [4.78, 5) is 0. The van der Waals surface area contributed by atoms with Crippen LogP contribution in [-0.4, -0.2) is 25.7 Å². The molecule has 0 aliphatic carbocycles. The lowest BCUT2D eigenvalue weighted by Gasteiger charge is -2.33. The number of halogens is 1. The Bertz CT molecular complexity index is 585. The molecule has 0 aromatic heterocycles. The van der Waals surface area contributed by atoms with Crippen molar-refractivity contribution in [3.63, 3.8) is 0 Å². The highest BCUT2D eigenvalue weighted by atomic mass is 35.5.